The van der Waals surface area contributed by atoms with Crippen LogP contribution in [-0.4, -0.2) is 6.04 Å². The third-order valence-corrected chi connectivity index (χ3v) is 3.06. The molecule has 0 heterocycles. The Bertz CT molecular complexity index is 293. The van der Waals surface area contributed by atoms with Crippen LogP contribution in [0.1, 0.15) is 50.2 Å². The SMILES string of the molecule is CCCCCC(N)CCc1cccc(C)c1. The van der Waals surface area contributed by atoms with Crippen LogP contribution < -0.4 is 5.73 Å². The van der Waals surface area contributed by atoms with Crippen molar-refractivity contribution in [1.29, 1.82) is 0 Å². The predicted molar refractivity (Wildman–Crippen MR) is 71.6 cm³/mol. The van der Waals surface area contributed by atoms with Gasteiger partial charge in [-0.2, -0.15) is 0 Å². The molecule has 0 saturated carbocycles. The number of hydrogen-bond donors (Lipinski definition) is 1. The van der Waals surface area contributed by atoms with Crippen molar-refractivity contribution < 1.29 is 0 Å². The van der Waals surface area contributed by atoms with Gasteiger partial charge in [-0.3, -0.25) is 0 Å². The Kier molecular flexibility index (Phi) is 6.17. The van der Waals surface area contributed by atoms with Crippen LogP contribution >= 0.6 is 0 Å². The van der Waals surface area contributed by atoms with Crippen molar-refractivity contribution in [3.05, 3.63) is 35.4 Å². The smallest absolute Gasteiger partial charge is 0.00419 e. The molecule has 1 nitrogen and oxygen atoms in total. The molecule has 16 heavy (non-hydrogen) atoms. The normalized spacial score (nSPS) is 12.7. The van der Waals surface area contributed by atoms with E-state index in [2.05, 4.69) is 38.1 Å². The van der Waals surface area contributed by atoms with E-state index in [-0.39, 0.29) is 0 Å². The van der Waals surface area contributed by atoms with E-state index in [1.54, 1.807) is 0 Å². The highest BCUT2D eigenvalue weighted by Crippen LogP contribution is 2.10. The Morgan fingerprint density at radius 1 is 1.19 bits per heavy atom. The van der Waals surface area contributed by atoms with Crippen LogP contribution in [0.2, 0.25) is 0 Å². The quantitative estimate of drug-likeness (QED) is 0.693. The highest BCUT2D eigenvalue weighted by molar-refractivity contribution is 5.22. The largest absolute Gasteiger partial charge is 0.328 e. The van der Waals surface area contributed by atoms with Crippen LogP contribution in [0, 0.1) is 6.92 Å². The van der Waals surface area contributed by atoms with Crippen LogP contribution in [0.3, 0.4) is 0 Å². The lowest BCUT2D eigenvalue weighted by molar-refractivity contribution is 0.529. The van der Waals surface area contributed by atoms with E-state index in [1.165, 1.54) is 36.8 Å². The van der Waals surface area contributed by atoms with Gasteiger partial charge >= 0.3 is 0 Å². The zero-order valence-electron chi connectivity index (χ0n) is 10.7. The molecule has 1 heteroatoms. The summed E-state index contributed by atoms with van der Waals surface area (Å²) < 4.78 is 0. The average Bonchev–Trinajstić information content (AvgIpc) is 2.27. The Balaban J connectivity index is 2.23. The summed E-state index contributed by atoms with van der Waals surface area (Å²) in [7, 11) is 0. The Hall–Kier alpha value is -0.820. The van der Waals surface area contributed by atoms with Gasteiger partial charge in [0.1, 0.15) is 0 Å². The van der Waals surface area contributed by atoms with Gasteiger partial charge in [-0.15, -0.1) is 0 Å². The second kappa shape index (κ2) is 7.45. The molecular formula is C15H25N. The number of unbranched alkanes of at least 4 members (excludes halogenated alkanes) is 2. The molecule has 0 aliphatic carbocycles. The van der Waals surface area contributed by atoms with E-state index in [9.17, 15) is 0 Å². The minimum absolute atomic E-state index is 0.382. The fraction of sp³-hybridized carbons (Fsp3) is 0.600. The van der Waals surface area contributed by atoms with Crippen LogP contribution in [0.15, 0.2) is 24.3 Å². The van der Waals surface area contributed by atoms with E-state index in [1.807, 2.05) is 0 Å². The summed E-state index contributed by atoms with van der Waals surface area (Å²) in [5.74, 6) is 0. The second-order valence-electron chi connectivity index (χ2n) is 4.78. The molecule has 0 aliphatic heterocycles. The van der Waals surface area contributed by atoms with Gasteiger partial charge in [0, 0.05) is 6.04 Å². The molecule has 0 spiro atoms. The predicted octanol–water partition coefficient (Wildman–Crippen LogP) is 3.84. The molecule has 1 atom stereocenters. The highest BCUT2D eigenvalue weighted by Gasteiger charge is 2.02. The number of nitrogens with two attached hydrogens (primary N) is 1. The fourth-order valence-electron chi connectivity index (χ4n) is 2.02. The molecule has 0 fully saturated rings. The van der Waals surface area contributed by atoms with Crippen molar-refractivity contribution in [2.24, 2.45) is 5.73 Å². The molecule has 0 amide bonds. The average molecular weight is 219 g/mol. The molecule has 0 aliphatic rings. The standard InChI is InChI=1S/C15H25N/c1-3-4-5-9-15(16)11-10-14-8-6-7-13(2)12-14/h6-8,12,15H,3-5,9-11,16H2,1-2H3. The first-order chi connectivity index (χ1) is 7.72. The summed E-state index contributed by atoms with van der Waals surface area (Å²) in [4.78, 5) is 0. The minimum Gasteiger partial charge on any atom is -0.328 e. The lowest BCUT2D eigenvalue weighted by Crippen LogP contribution is -2.20. The molecule has 0 aromatic heterocycles. The van der Waals surface area contributed by atoms with Crippen molar-refractivity contribution in [2.45, 2.75) is 58.4 Å². The number of aryl methyl sites for hydroxylation is 2. The molecule has 2 N–H and O–H groups in total. The van der Waals surface area contributed by atoms with Crippen LogP contribution in [0.4, 0.5) is 0 Å². The lowest BCUT2D eigenvalue weighted by Gasteiger charge is -2.11. The monoisotopic (exact) mass is 219 g/mol. The number of benzene rings is 1. The summed E-state index contributed by atoms with van der Waals surface area (Å²) in [6.45, 7) is 4.38. The summed E-state index contributed by atoms with van der Waals surface area (Å²) in [6, 6.07) is 9.12. The van der Waals surface area contributed by atoms with Gasteiger partial charge in [0.05, 0.1) is 0 Å². The molecule has 90 valence electrons. The fourth-order valence-corrected chi connectivity index (χ4v) is 2.02. The van der Waals surface area contributed by atoms with Gasteiger partial charge < -0.3 is 5.73 Å². The molecule has 1 rings (SSSR count). The zero-order valence-corrected chi connectivity index (χ0v) is 10.7. The van der Waals surface area contributed by atoms with Crippen LogP contribution in [0.25, 0.3) is 0 Å². The number of rotatable bonds is 7. The maximum absolute atomic E-state index is 6.10. The van der Waals surface area contributed by atoms with Gasteiger partial charge in [-0.25, -0.2) is 0 Å². The maximum atomic E-state index is 6.10. The van der Waals surface area contributed by atoms with Gasteiger partial charge in [-0.05, 0) is 31.7 Å². The summed E-state index contributed by atoms with van der Waals surface area (Å²) in [5.41, 5.74) is 8.87. The Morgan fingerprint density at radius 2 is 2.00 bits per heavy atom. The second-order valence-corrected chi connectivity index (χ2v) is 4.78. The Labute approximate surface area is 100 Å². The Morgan fingerprint density at radius 3 is 2.69 bits per heavy atom. The first-order valence-corrected chi connectivity index (χ1v) is 6.53. The van der Waals surface area contributed by atoms with Crippen molar-refractivity contribution in [3.8, 4) is 0 Å². The molecule has 0 saturated heterocycles. The van der Waals surface area contributed by atoms with E-state index >= 15 is 0 Å². The third-order valence-electron chi connectivity index (χ3n) is 3.06. The summed E-state index contributed by atoms with van der Waals surface area (Å²) in [6.07, 6.45) is 7.30. The minimum atomic E-state index is 0.382. The van der Waals surface area contributed by atoms with Crippen molar-refractivity contribution in [2.75, 3.05) is 0 Å². The van der Waals surface area contributed by atoms with Gasteiger partial charge in [0.2, 0.25) is 0 Å². The molecular weight excluding hydrogens is 194 g/mol. The van der Waals surface area contributed by atoms with Crippen molar-refractivity contribution in [1.82, 2.24) is 0 Å². The third kappa shape index (κ3) is 5.32. The van der Waals surface area contributed by atoms with Gasteiger partial charge in [0.25, 0.3) is 0 Å². The summed E-state index contributed by atoms with van der Waals surface area (Å²) >= 11 is 0. The molecule has 0 bridgehead atoms. The van der Waals surface area contributed by atoms with E-state index < -0.39 is 0 Å². The topological polar surface area (TPSA) is 26.0 Å². The van der Waals surface area contributed by atoms with Gasteiger partial charge in [-0.1, -0.05) is 56.0 Å². The summed E-state index contributed by atoms with van der Waals surface area (Å²) in [5, 5.41) is 0. The molecule has 0 radical (unpaired) electrons. The number of hydrogen-bond acceptors (Lipinski definition) is 1. The van der Waals surface area contributed by atoms with Crippen LogP contribution in [-0.2, 0) is 6.42 Å². The highest BCUT2D eigenvalue weighted by atomic mass is 14.6. The van der Waals surface area contributed by atoms with Gasteiger partial charge in [0.15, 0.2) is 0 Å². The van der Waals surface area contributed by atoms with E-state index in [0.29, 0.717) is 6.04 Å². The molecule has 1 aromatic rings. The first kappa shape index (κ1) is 13.2. The lowest BCUT2D eigenvalue weighted by atomic mass is 10.0. The van der Waals surface area contributed by atoms with Crippen molar-refractivity contribution in [3.63, 3.8) is 0 Å². The molecule has 1 unspecified atom stereocenters. The van der Waals surface area contributed by atoms with Crippen molar-refractivity contribution >= 4 is 0 Å². The van der Waals surface area contributed by atoms with E-state index in [0.717, 1.165) is 12.8 Å². The maximum Gasteiger partial charge on any atom is 0.00419 e. The zero-order chi connectivity index (χ0) is 11.8. The van der Waals surface area contributed by atoms with E-state index in [4.69, 9.17) is 5.73 Å². The molecule has 1 aromatic carbocycles. The van der Waals surface area contributed by atoms with Crippen LogP contribution in [0.5, 0.6) is 0 Å². The first-order valence-electron chi connectivity index (χ1n) is 6.53.